The zero-order valence-corrected chi connectivity index (χ0v) is 13.5. The average Bonchev–Trinajstić information content (AvgIpc) is 2.64. The molecule has 0 amide bonds. The monoisotopic (exact) mass is 327 g/mol. The number of nitriles is 1. The van der Waals surface area contributed by atoms with E-state index < -0.39 is 35.6 Å². The lowest BCUT2D eigenvalue weighted by Crippen LogP contribution is -2.41. The molecular formula is C15H17BF3NO3. The number of ether oxygens (including phenoxy) is 1. The van der Waals surface area contributed by atoms with Crippen LogP contribution >= 0.6 is 0 Å². The van der Waals surface area contributed by atoms with Crippen LogP contribution < -0.4 is 10.2 Å². The van der Waals surface area contributed by atoms with Gasteiger partial charge in [0.15, 0.2) is 0 Å². The molecule has 0 spiro atoms. The maximum absolute atomic E-state index is 13.2. The van der Waals surface area contributed by atoms with E-state index in [4.69, 9.17) is 14.0 Å². The zero-order chi connectivity index (χ0) is 17.6. The van der Waals surface area contributed by atoms with E-state index in [9.17, 15) is 18.4 Å². The molecule has 0 bridgehead atoms. The number of benzene rings is 1. The first-order valence-corrected chi connectivity index (χ1v) is 6.98. The third-order valence-electron chi connectivity index (χ3n) is 4.30. The zero-order valence-electron chi connectivity index (χ0n) is 13.5. The molecule has 0 aromatic heterocycles. The van der Waals surface area contributed by atoms with Gasteiger partial charge < -0.3 is 14.0 Å². The van der Waals surface area contributed by atoms with Crippen molar-refractivity contribution >= 4 is 12.6 Å². The maximum atomic E-state index is 13.2. The van der Waals surface area contributed by atoms with E-state index in [2.05, 4.69) is 0 Å². The Morgan fingerprint density at radius 3 is 2.04 bits per heavy atom. The Labute approximate surface area is 133 Å². The van der Waals surface area contributed by atoms with E-state index in [0.29, 0.717) is 0 Å². The lowest BCUT2D eigenvalue weighted by Gasteiger charge is -2.32. The maximum Gasteiger partial charge on any atom is 0.496 e. The van der Waals surface area contributed by atoms with E-state index in [0.717, 1.165) is 6.07 Å². The summed E-state index contributed by atoms with van der Waals surface area (Å²) >= 11 is 0. The van der Waals surface area contributed by atoms with Gasteiger partial charge in [0, 0.05) is 5.46 Å². The predicted molar refractivity (Wildman–Crippen MR) is 78.4 cm³/mol. The summed E-state index contributed by atoms with van der Waals surface area (Å²) in [4.78, 5) is 0. The molecule has 1 fully saturated rings. The molecule has 1 aliphatic heterocycles. The third kappa shape index (κ3) is 3.03. The fourth-order valence-electron chi connectivity index (χ4n) is 2.26. The van der Waals surface area contributed by atoms with Gasteiger partial charge in [-0.25, -0.2) is 0 Å². The van der Waals surface area contributed by atoms with Gasteiger partial charge in [-0.05, 0) is 39.8 Å². The van der Waals surface area contributed by atoms with Gasteiger partial charge in [-0.3, -0.25) is 0 Å². The van der Waals surface area contributed by atoms with Gasteiger partial charge in [-0.15, -0.1) is 0 Å². The van der Waals surface area contributed by atoms with Crippen molar-refractivity contribution in [2.45, 2.75) is 45.1 Å². The summed E-state index contributed by atoms with van der Waals surface area (Å²) in [5.74, 6) is -0.0129. The molecular weight excluding hydrogens is 310 g/mol. The van der Waals surface area contributed by atoms with Crippen LogP contribution in [-0.2, 0) is 15.5 Å². The minimum atomic E-state index is -4.68. The highest BCUT2D eigenvalue weighted by atomic mass is 19.4. The number of methoxy groups -OCH3 is 1. The van der Waals surface area contributed by atoms with Crippen molar-refractivity contribution in [2.75, 3.05) is 7.11 Å². The molecule has 0 saturated carbocycles. The molecule has 0 N–H and O–H groups in total. The Kier molecular flexibility index (Phi) is 4.16. The third-order valence-corrected chi connectivity index (χ3v) is 4.30. The first-order valence-electron chi connectivity index (χ1n) is 6.98. The minimum absolute atomic E-state index is 0.0119. The molecule has 0 unspecified atom stereocenters. The van der Waals surface area contributed by atoms with Crippen LogP contribution in [0.5, 0.6) is 5.75 Å². The van der Waals surface area contributed by atoms with Crippen LogP contribution in [0.4, 0.5) is 13.2 Å². The summed E-state index contributed by atoms with van der Waals surface area (Å²) in [6.45, 7) is 7.13. The van der Waals surface area contributed by atoms with Gasteiger partial charge in [0.1, 0.15) is 5.75 Å². The highest BCUT2D eigenvalue weighted by Gasteiger charge is 2.53. The lowest BCUT2D eigenvalue weighted by molar-refractivity contribution is -0.137. The summed E-state index contributed by atoms with van der Waals surface area (Å²) in [7, 11) is 0.182. The van der Waals surface area contributed by atoms with E-state index >= 15 is 0 Å². The first kappa shape index (κ1) is 17.6. The van der Waals surface area contributed by atoms with Crippen LogP contribution in [0, 0.1) is 11.3 Å². The van der Waals surface area contributed by atoms with Crippen LogP contribution in [0.15, 0.2) is 12.1 Å². The number of hydrogen-bond acceptors (Lipinski definition) is 4. The summed E-state index contributed by atoms with van der Waals surface area (Å²) < 4.78 is 56.2. The number of hydrogen-bond donors (Lipinski definition) is 0. The SMILES string of the molecule is COc1cc(B2OC(C)(C)C(C)(C)O2)c(C#N)c(C(F)(F)F)c1. The van der Waals surface area contributed by atoms with E-state index in [-0.39, 0.29) is 11.2 Å². The number of alkyl halides is 3. The van der Waals surface area contributed by atoms with Crippen LogP contribution in [0.2, 0.25) is 0 Å². The Morgan fingerprint density at radius 2 is 1.65 bits per heavy atom. The highest BCUT2D eigenvalue weighted by molar-refractivity contribution is 6.63. The number of halogens is 3. The van der Waals surface area contributed by atoms with Crippen molar-refractivity contribution in [1.82, 2.24) is 0 Å². The molecule has 1 aromatic rings. The van der Waals surface area contributed by atoms with E-state index in [1.807, 2.05) is 0 Å². The Bertz CT molecular complexity index is 649. The van der Waals surface area contributed by atoms with Gasteiger partial charge >= 0.3 is 13.3 Å². The molecule has 1 saturated heterocycles. The largest absolute Gasteiger partial charge is 0.497 e. The summed E-state index contributed by atoms with van der Waals surface area (Å²) in [6, 6.07) is 3.76. The van der Waals surface area contributed by atoms with Crippen molar-refractivity contribution in [3.63, 3.8) is 0 Å². The molecule has 2 rings (SSSR count). The normalized spacial score (nSPS) is 19.5. The lowest BCUT2D eigenvalue weighted by atomic mass is 9.74. The second-order valence-corrected chi connectivity index (χ2v) is 6.34. The fourth-order valence-corrected chi connectivity index (χ4v) is 2.26. The Hall–Kier alpha value is -1.72. The van der Waals surface area contributed by atoms with Crippen LogP contribution in [0.25, 0.3) is 0 Å². The molecule has 8 heteroatoms. The molecule has 1 heterocycles. The molecule has 4 nitrogen and oxygen atoms in total. The standard InChI is InChI=1S/C15H17BF3NO3/c1-13(2)14(3,4)23-16(22-13)12-7-9(21-5)6-11(10(12)8-20)15(17,18)19/h6-7H,1-5H3. The van der Waals surface area contributed by atoms with Crippen molar-refractivity contribution in [2.24, 2.45) is 0 Å². The van der Waals surface area contributed by atoms with Crippen LogP contribution in [-0.4, -0.2) is 25.4 Å². The van der Waals surface area contributed by atoms with Crippen molar-refractivity contribution in [3.05, 3.63) is 23.3 Å². The highest BCUT2D eigenvalue weighted by Crippen LogP contribution is 2.38. The van der Waals surface area contributed by atoms with Crippen molar-refractivity contribution < 1.29 is 27.2 Å². The summed E-state index contributed by atoms with van der Waals surface area (Å²) in [5.41, 5.74) is -3.03. The van der Waals surface area contributed by atoms with E-state index in [1.54, 1.807) is 33.8 Å². The van der Waals surface area contributed by atoms with Crippen LogP contribution in [0.3, 0.4) is 0 Å². The molecule has 124 valence electrons. The second-order valence-electron chi connectivity index (χ2n) is 6.34. The van der Waals surface area contributed by atoms with Crippen LogP contribution in [0.1, 0.15) is 38.8 Å². The molecule has 1 aromatic carbocycles. The fraction of sp³-hybridized carbons (Fsp3) is 0.533. The van der Waals surface area contributed by atoms with Crippen molar-refractivity contribution in [1.29, 1.82) is 5.26 Å². The van der Waals surface area contributed by atoms with E-state index in [1.165, 1.54) is 13.2 Å². The second kappa shape index (κ2) is 5.43. The van der Waals surface area contributed by atoms with Gasteiger partial charge in [-0.1, -0.05) is 0 Å². The molecule has 0 radical (unpaired) electrons. The Morgan fingerprint density at radius 1 is 1.13 bits per heavy atom. The summed E-state index contributed by atoms with van der Waals surface area (Å²) in [6.07, 6.45) is -4.68. The van der Waals surface area contributed by atoms with Gasteiger partial charge in [0.2, 0.25) is 0 Å². The van der Waals surface area contributed by atoms with Crippen molar-refractivity contribution in [3.8, 4) is 11.8 Å². The Balaban J connectivity index is 2.62. The predicted octanol–water partition coefficient (Wildman–Crippen LogP) is 2.88. The molecule has 0 atom stereocenters. The molecule has 1 aliphatic rings. The average molecular weight is 327 g/mol. The quantitative estimate of drug-likeness (QED) is 0.784. The topological polar surface area (TPSA) is 51.5 Å². The summed E-state index contributed by atoms with van der Waals surface area (Å²) in [5, 5.41) is 9.24. The van der Waals surface area contributed by atoms with Gasteiger partial charge in [0.05, 0.1) is 35.5 Å². The molecule has 0 aliphatic carbocycles. The number of nitrogens with zero attached hydrogens (tertiary/aromatic N) is 1. The smallest absolute Gasteiger partial charge is 0.496 e. The molecule has 23 heavy (non-hydrogen) atoms. The van der Waals surface area contributed by atoms with Gasteiger partial charge in [0.25, 0.3) is 0 Å². The minimum Gasteiger partial charge on any atom is -0.497 e. The number of rotatable bonds is 2. The van der Waals surface area contributed by atoms with Gasteiger partial charge in [-0.2, -0.15) is 18.4 Å². The first-order chi connectivity index (χ1) is 10.4.